The van der Waals surface area contributed by atoms with Crippen molar-refractivity contribution in [1.82, 2.24) is 15.1 Å². The first-order valence-corrected chi connectivity index (χ1v) is 9.42. The van der Waals surface area contributed by atoms with Crippen molar-refractivity contribution in [3.8, 4) is 0 Å². The lowest BCUT2D eigenvalue weighted by Crippen LogP contribution is -2.62. The molecule has 0 radical (unpaired) electrons. The van der Waals surface area contributed by atoms with Crippen molar-refractivity contribution in [2.75, 3.05) is 19.6 Å². The zero-order valence-electron chi connectivity index (χ0n) is 15.7. The van der Waals surface area contributed by atoms with Gasteiger partial charge in [-0.15, -0.1) is 0 Å². The zero-order valence-corrected chi connectivity index (χ0v) is 15.7. The Morgan fingerprint density at radius 1 is 1.04 bits per heavy atom. The molecular weight excluding hydrogens is 336 g/mol. The molecule has 0 spiro atoms. The van der Waals surface area contributed by atoms with E-state index in [9.17, 15) is 19.2 Å². The van der Waals surface area contributed by atoms with Crippen LogP contribution in [0.3, 0.4) is 0 Å². The van der Waals surface area contributed by atoms with Crippen molar-refractivity contribution in [3.05, 3.63) is 0 Å². The minimum Gasteiger partial charge on any atom is -0.368 e. The van der Waals surface area contributed by atoms with Crippen molar-refractivity contribution < 1.29 is 19.2 Å². The minimum atomic E-state index is -0.793. The smallest absolute Gasteiger partial charge is 0.245 e. The first-order chi connectivity index (χ1) is 12.3. The average Bonchev–Trinajstić information content (AvgIpc) is 2.61. The van der Waals surface area contributed by atoms with Gasteiger partial charge in [0.15, 0.2) is 0 Å². The fourth-order valence-electron chi connectivity index (χ4n) is 3.94. The van der Waals surface area contributed by atoms with Crippen molar-refractivity contribution >= 4 is 23.6 Å². The maximum Gasteiger partial charge on any atom is 0.245 e. The van der Waals surface area contributed by atoms with Gasteiger partial charge < -0.3 is 20.9 Å². The minimum absolute atomic E-state index is 0.135. The van der Waals surface area contributed by atoms with Crippen LogP contribution in [0.15, 0.2) is 0 Å². The second kappa shape index (κ2) is 9.00. The van der Waals surface area contributed by atoms with Crippen LogP contribution in [-0.4, -0.2) is 65.1 Å². The molecule has 0 bridgehead atoms. The van der Waals surface area contributed by atoms with Gasteiger partial charge in [0.1, 0.15) is 12.1 Å². The largest absolute Gasteiger partial charge is 0.368 e. The highest BCUT2D eigenvalue weighted by molar-refractivity contribution is 5.92. The lowest BCUT2D eigenvalue weighted by atomic mass is 9.84. The van der Waals surface area contributed by atoms with E-state index < -0.39 is 23.9 Å². The molecule has 26 heavy (non-hydrogen) atoms. The molecule has 2 rings (SSSR count). The zero-order chi connectivity index (χ0) is 19.3. The number of nitrogens with two attached hydrogens (primary N) is 1. The molecule has 2 aliphatic rings. The second-order valence-electron chi connectivity index (χ2n) is 7.40. The Hall–Kier alpha value is -2.12. The van der Waals surface area contributed by atoms with Gasteiger partial charge in [-0.05, 0) is 12.3 Å². The van der Waals surface area contributed by atoms with E-state index in [4.69, 9.17) is 5.73 Å². The van der Waals surface area contributed by atoms with Gasteiger partial charge >= 0.3 is 0 Å². The van der Waals surface area contributed by atoms with Crippen molar-refractivity contribution in [2.24, 2.45) is 11.7 Å². The molecule has 8 heteroatoms. The number of rotatable bonds is 5. The third-order valence-corrected chi connectivity index (χ3v) is 5.49. The van der Waals surface area contributed by atoms with Crippen LogP contribution >= 0.6 is 0 Å². The van der Waals surface area contributed by atoms with Gasteiger partial charge in [-0.3, -0.25) is 19.2 Å². The number of hydrogen-bond donors (Lipinski definition) is 2. The number of amides is 4. The van der Waals surface area contributed by atoms with E-state index in [1.165, 1.54) is 25.2 Å². The summed E-state index contributed by atoms with van der Waals surface area (Å²) in [5.41, 5.74) is 5.50. The molecule has 3 N–H and O–H groups in total. The summed E-state index contributed by atoms with van der Waals surface area (Å²) >= 11 is 0. The second-order valence-corrected chi connectivity index (χ2v) is 7.40. The Morgan fingerprint density at radius 2 is 1.69 bits per heavy atom. The molecule has 146 valence electrons. The number of piperazine rings is 1. The van der Waals surface area contributed by atoms with Gasteiger partial charge in [-0.2, -0.15) is 0 Å². The summed E-state index contributed by atoms with van der Waals surface area (Å²) < 4.78 is 0. The van der Waals surface area contributed by atoms with E-state index in [0.717, 1.165) is 25.7 Å². The number of primary amides is 1. The molecule has 1 heterocycles. The number of hydrogen-bond acceptors (Lipinski definition) is 4. The molecule has 2 fully saturated rings. The summed E-state index contributed by atoms with van der Waals surface area (Å²) in [6, 6.07) is -1.54. The van der Waals surface area contributed by atoms with E-state index in [0.29, 0.717) is 25.4 Å². The fraction of sp³-hybridized carbons (Fsp3) is 0.778. The number of carbonyl (C=O) groups is 4. The van der Waals surface area contributed by atoms with Gasteiger partial charge in [0.2, 0.25) is 23.6 Å². The summed E-state index contributed by atoms with van der Waals surface area (Å²) in [5, 5.41) is 2.73. The van der Waals surface area contributed by atoms with E-state index in [-0.39, 0.29) is 18.4 Å². The first kappa shape index (κ1) is 20.2. The molecular formula is C18H30N4O4. The van der Waals surface area contributed by atoms with E-state index in [2.05, 4.69) is 5.32 Å². The molecule has 1 saturated carbocycles. The number of nitrogens with zero attached hydrogens (tertiary/aromatic N) is 2. The third kappa shape index (κ3) is 5.19. The van der Waals surface area contributed by atoms with Crippen molar-refractivity contribution in [2.45, 2.75) is 64.5 Å². The Balaban J connectivity index is 2.05. The van der Waals surface area contributed by atoms with Crippen LogP contribution in [-0.2, 0) is 19.2 Å². The molecule has 1 saturated heterocycles. The molecule has 0 aromatic heterocycles. The fourth-order valence-corrected chi connectivity index (χ4v) is 3.94. The van der Waals surface area contributed by atoms with Gasteiger partial charge in [-0.1, -0.05) is 32.1 Å². The highest BCUT2D eigenvalue weighted by Crippen LogP contribution is 2.27. The Labute approximate surface area is 154 Å². The van der Waals surface area contributed by atoms with Gasteiger partial charge in [-0.25, -0.2) is 0 Å². The Kier molecular flexibility index (Phi) is 6.99. The van der Waals surface area contributed by atoms with E-state index in [1.54, 1.807) is 4.90 Å². The van der Waals surface area contributed by atoms with Crippen LogP contribution in [0.1, 0.15) is 52.4 Å². The normalized spacial score (nSPS) is 22.6. The summed E-state index contributed by atoms with van der Waals surface area (Å²) in [7, 11) is 0. The highest BCUT2D eigenvalue weighted by Gasteiger charge is 2.36. The summed E-state index contributed by atoms with van der Waals surface area (Å²) in [6.45, 7) is 3.68. The SMILES string of the molecule is CC(=O)N1CCN(C(C)=O)[C@H](C(=O)N[C@@H](CC2CCCCC2)C(N)=O)C1. The van der Waals surface area contributed by atoms with Crippen LogP contribution < -0.4 is 11.1 Å². The van der Waals surface area contributed by atoms with E-state index >= 15 is 0 Å². The van der Waals surface area contributed by atoms with E-state index in [1.807, 2.05) is 0 Å². The molecule has 1 aliphatic carbocycles. The van der Waals surface area contributed by atoms with Crippen molar-refractivity contribution in [1.29, 1.82) is 0 Å². The van der Waals surface area contributed by atoms with Crippen LogP contribution in [0.5, 0.6) is 0 Å². The summed E-state index contributed by atoms with van der Waals surface area (Å²) in [5.74, 6) is -0.968. The molecule has 0 aromatic rings. The molecule has 4 amide bonds. The lowest BCUT2D eigenvalue weighted by Gasteiger charge is -2.40. The highest BCUT2D eigenvalue weighted by atomic mass is 16.2. The maximum absolute atomic E-state index is 12.8. The summed E-state index contributed by atoms with van der Waals surface area (Å²) in [6.07, 6.45) is 6.10. The van der Waals surface area contributed by atoms with Gasteiger partial charge in [0, 0.05) is 26.9 Å². The average molecular weight is 366 g/mol. The Bertz CT molecular complexity index is 559. The molecule has 1 aliphatic heterocycles. The number of carbonyl (C=O) groups excluding carboxylic acids is 4. The molecule has 0 aromatic carbocycles. The number of nitrogens with one attached hydrogen (secondary N) is 1. The van der Waals surface area contributed by atoms with Gasteiger partial charge in [0.25, 0.3) is 0 Å². The molecule has 0 unspecified atom stereocenters. The quantitative estimate of drug-likeness (QED) is 0.713. The molecule has 8 nitrogen and oxygen atoms in total. The summed E-state index contributed by atoms with van der Waals surface area (Å²) in [4.78, 5) is 51.2. The predicted molar refractivity (Wildman–Crippen MR) is 95.7 cm³/mol. The molecule has 2 atom stereocenters. The first-order valence-electron chi connectivity index (χ1n) is 9.42. The van der Waals surface area contributed by atoms with Crippen LogP contribution in [0.25, 0.3) is 0 Å². The van der Waals surface area contributed by atoms with Crippen LogP contribution in [0, 0.1) is 5.92 Å². The van der Waals surface area contributed by atoms with Gasteiger partial charge in [0.05, 0.1) is 6.54 Å². The van der Waals surface area contributed by atoms with Crippen LogP contribution in [0.2, 0.25) is 0 Å². The van der Waals surface area contributed by atoms with Crippen LogP contribution in [0.4, 0.5) is 0 Å². The standard InChI is InChI=1S/C18H30N4O4/c1-12(23)21-8-9-22(13(2)24)16(11-21)18(26)20-15(17(19)25)10-14-6-4-3-5-7-14/h14-16H,3-11H2,1-2H3,(H2,19,25)(H,20,26)/t15-,16-/m0/s1. The maximum atomic E-state index is 12.8. The monoisotopic (exact) mass is 366 g/mol. The van der Waals surface area contributed by atoms with Crippen molar-refractivity contribution in [3.63, 3.8) is 0 Å². The lowest BCUT2D eigenvalue weighted by molar-refractivity contribution is -0.147. The topological polar surface area (TPSA) is 113 Å². The Morgan fingerprint density at radius 3 is 2.23 bits per heavy atom. The predicted octanol–water partition coefficient (Wildman–Crippen LogP) is 0.00610. The third-order valence-electron chi connectivity index (χ3n) is 5.49.